The number of ether oxygens (including phenoxy) is 4. The van der Waals surface area contributed by atoms with Gasteiger partial charge in [0.15, 0.2) is 11.5 Å². The maximum Gasteiger partial charge on any atom is 0.338 e. The van der Waals surface area contributed by atoms with E-state index in [0.717, 1.165) is 5.56 Å². The molecule has 28 heavy (non-hydrogen) atoms. The molecule has 0 saturated carbocycles. The van der Waals surface area contributed by atoms with Crippen molar-refractivity contribution in [1.29, 1.82) is 0 Å². The Morgan fingerprint density at radius 2 is 1.61 bits per heavy atom. The fraction of sp³-hybridized carbons (Fsp3) is 0.136. The SMILES string of the molecule is COc1cc(C(=O)OCc2ccccc2Oc2ccccc2)cc(Cl)c1OC. The predicted octanol–water partition coefficient (Wildman–Crippen LogP) is 5.51. The summed E-state index contributed by atoms with van der Waals surface area (Å²) >= 11 is 6.16. The highest BCUT2D eigenvalue weighted by Crippen LogP contribution is 2.36. The molecule has 0 radical (unpaired) electrons. The zero-order valence-electron chi connectivity index (χ0n) is 15.5. The first-order valence-electron chi connectivity index (χ1n) is 8.52. The zero-order valence-corrected chi connectivity index (χ0v) is 16.2. The number of hydrogen-bond acceptors (Lipinski definition) is 5. The lowest BCUT2D eigenvalue weighted by atomic mass is 10.2. The quantitative estimate of drug-likeness (QED) is 0.491. The molecule has 0 unspecified atom stereocenters. The molecule has 0 heterocycles. The van der Waals surface area contributed by atoms with E-state index in [4.69, 9.17) is 30.5 Å². The Hall–Kier alpha value is -3.18. The van der Waals surface area contributed by atoms with Gasteiger partial charge in [-0.05, 0) is 30.3 Å². The predicted molar refractivity (Wildman–Crippen MR) is 107 cm³/mol. The first kappa shape index (κ1) is 19.6. The van der Waals surface area contributed by atoms with Gasteiger partial charge in [-0.15, -0.1) is 0 Å². The summed E-state index contributed by atoms with van der Waals surface area (Å²) in [5, 5.41) is 0.265. The van der Waals surface area contributed by atoms with Crippen molar-refractivity contribution in [3.8, 4) is 23.0 Å². The van der Waals surface area contributed by atoms with Crippen molar-refractivity contribution in [2.24, 2.45) is 0 Å². The fourth-order valence-corrected chi connectivity index (χ4v) is 2.89. The molecule has 3 aromatic rings. The number of hydrogen-bond donors (Lipinski definition) is 0. The van der Waals surface area contributed by atoms with Gasteiger partial charge >= 0.3 is 5.97 Å². The van der Waals surface area contributed by atoms with Crippen LogP contribution in [0.25, 0.3) is 0 Å². The molecule has 0 N–H and O–H groups in total. The van der Waals surface area contributed by atoms with Gasteiger partial charge in [-0.2, -0.15) is 0 Å². The van der Waals surface area contributed by atoms with Crippen LogP contribution in [0.5, 0.6) is 23.0 Å². The van der Waals surface area contributed by atoms with Crippen molar-refractivity contribution in [2.75, 3.05) is 14.2 Å². The lowest BCUT2D eigenvalue weighted by Crippen LogP contribution is -2.07. The average molecular weight is 399 g/mol. The van der Waals surface area contributed by atoms with Gasteiger partial charge in [0.1, 0.15) is 18.1 Å². The third-order valence-electron chi connectivity index (χ3n) is 3.97. The van der Waals surface area contributed by atoms with Gasteiger partial charge in [-0.1, -0.05) is 48.0 Å². The van der Waals surface area contributed by atoms with E-state index in [1.54, 1.807) is 0 Å². The molecule has 3 aromatic carbocycles. The molecule has 0 amide bonds. The molecule has 0 atom stereocenters. The van der Waals surface area contributed by atoms with E-state index >= 15 is 0 Å². The number of rotatable bonds is 7. The van der Waals surface area contributed by atoms with E-state index in [1.807, 2.05) is 54.6 Å². The van der Waals surface area contributed by atoms with Crippen molar-refractivity contribution in [3.05, 3.63) is 82.9 Å². The summed E-state index contributed by atoms with van der Waals surface area (Å²) in [6.07, 6.45) is 0. The summed E-state index contributed by atoms with van der Waals surface area (Å²) in [5.41, 5.74) is 1.01. The summed E-state index contributed by atoms with van der Waals surface area (Å²) in [4.78, 5) is 12.5. The van der Waals surface area contributed by atoms with Crippen LogP contribution >= 0.6 is 11.6 Å². The minimum atomic E-state index is -0.530. The molecule has 3 rings (SSSR count). The van der Waals surface area contributed by atoms with Crippen molar-refractivity contribution in [3.63, 3.8) is 0 Å². The highest BCUT2D eigenvalue weighted by Gasteiger charge is 2.17. The van der Waals surface area contributed by atoms with E-state index in [0.29, 0.717) is 23.0 Å². The van der Waals surface area contributed by atoms with Gasteiger partial charge < -0.3 is 18.9 Å². The molecule has 0 aromatic heterocycles. The molecule has 0 spiro atoms. The van der Waals surface area contributed by atoms with Crippen LogP contribution in [0.1, 0.15) is 15.9 Å². The molecule has 0 saturated heterocycles. The maximum atomic E-state index is 12.5. The molecule has 0 aliphatic rings. The number of methoxy groups -OCH3 is 2. The highest BCUT2D eigenvalue weighted by molar-refractivity contribution is 6.32. The smallest absolute Gasteiger partial charge is 0.338 e. The summed E-state index contributed by atoms with van der Waals surface area (Å²) in [5.74, 6) is 1.51. The van der Waals surface area contributed by atoms with Gasteiger partial charge in [-0.3, -0.25) is 0 Å². The third kappa shape index (κ3) is 4.56. The molecule has 5 nitrogen and oxygen atoms in total. The fourth-order valence-electron chi connectivity index (χ4n) is 2.60. The van der Waals surface area contributed by atoms with Crippen molar-refractivity contribution >= 4 is 17.6 Å². The van der Waals surface area contributed by atoms with Crippen LogP contribution in [-0.2, 0) is 11.3 Å². The largest absolute Gasteiger partial charge is 0.493 e. The summed E-state index contributed by atoms with van der Waals surface area (Å²) in [6.45, 7) is 0.0494. The van der Waals surface area contributed by atoms with Crippen LogP contribution in [0.4, 0.5) is 0 Å². The minimum absolute atomic E-state index is 0.0494. The van der Waals surface area contributed by atoms with Crippen molar-refractivity contribution in [1.82, 2.24) is 0 Å². The number of para-hydroxylation sites is 2. The van der Waals surface area contributed by atoms with Crippen LogP contribution in [0, 0.1) is 0 Å². The molecule has 6 heteroatoms. The van der Waals surface area contributed by atoms with Crippen LogP contribution in [-0.4, -0.2) is 20.2 Å². The molecular formula is C22H19ClO5. The van der Waals surface area contributed by atoms with Gasteiger partial charge in [-0.25, -0.2) is 4.79 Å². The molecule has 0 fully saturated rings. The van der Waals surface area contributed by atoms with Crippen LogP contribution < -0.4 is 14.2 Å². The van der Waals surface area contributed by atoms with Crippen LogP contribution in [0.3, 0.4) is 0 Å². The summed E-state index contributed by atoms with van der Waals surface area (Å²) < 4.78 is 21.7. The second kappa shape index (κ2) is 9.15. The summed E-state index contributed by atoms with van der Waals surface area (Å²) in [7, 11) is 2.95. The van der Waals surface area contributed by atoms with E-state index in [1.165, 1.54) is 26.4 Å². The number of carbonyl (C=O) groups is 1. The lowest BCUT2D eigenvalue weighted by molar-refractivity contribution is 0.0470. The minimum Gasteiger partial charge on any atom is -0.493 e. The van der Waals surface area contributed by atoms with Crippen molar-refractivity contribution < 1.29 is 23.7 Å². The monoisotopic (exact) mass is 398 g/mol. The van der Waals surface area contributed by atoms with Crippen molar-refractivity contribution in [2.45, 2.75) is 6.61 Å². The van der Waals surface area contributed by atoms with Crippen LogP contribution in [0.2, 0.25) is 5.02 Å². The first-order valence-corrected chi connectivity index (χ1v) is 8.89. The second-order valence-corrected chi connectivity index (χ2v) is 6.20. The van der Waals surface area contributed by atoms with Gasteiger partial charge in [0.2, 0.25) is 0 Å². The maximum absolute atomic E-state index is 12.5. The lowest BCUT2D eigenvalue weighted by Gasteiger charge is -2.13. The Balaban J connectivity index is 1.74. The Bertz CT molecular complexity index is 956. The molecule has 144 valence electrons. The first-order chi connectivity index (χ1) is 13.6. The van der Waals surface area contributed by atoms with Crippen LogP contribution in [0.15, 0.2) is 66.7 Å². The second-order valence-electron chi connectivity index (χ2n) is 5.79. The van der Waals surface area contributed by atoms with Gasteiger partial charge in [0, 0.05) is 5.56 Å². The third-order valence-corrected chi connectivity index (χ3v) is 4.25. The highest BCUT2D eigenvalue weighted by atomic mass is 35.5. The van der Waals surface area contributed by atoms with E-state index in [2.05, 4.69) is 0 Å². The molecule has 0 aliphatic carbocycles. The Morgan fingerprint density at radius 3 is 2.32 bits per heavy atom. The van der Waals surface area contributed by atoms with Gasteiger partial charge in [0.05, 0.1) is 24.8 Å². The average Bonchev–Trinajstić information content (AvgIpc) is 2.73. The molecule has 0 bridgehead atoms. The van der Waals surface area contributed by atoms with E-state index in [-0.39, 0.29) is 17.2 Å². The normalized spacial score (nSPS) is 10.2. The number of carbonyl (C=O) groups excluding carboxylic acids is 1. The van der Waals surface area contributed by atoms with Gasteiger partial charge in [0.25, 0.3) is 0 Å². The number of benzene rings is 3. The molecular weight excluding hydrogens is 380 g/mol. The number of esters is 1. The topological polar surface area (TPSA) is 54.0 Å². The Kier molecular flexibility index (Phi) is 6.40. The number of halogens is 1. The summed E-state index contributed by atoms with van der Waals surface area (Å²) in [6, 6.07) is 19.8. The van der Waals surface area contributed by atoms with E-state index in [9.17, 15) is 4.79 Å². The standard InChI is InChI=1S/C22H19ClO5/c1-25-20-13-16(12-18(23)21(20)26-2)22(24)27-14-15-8-6-7-11-19(15)28-17-9-4-3-5-10-17/h3-13H,14H2,1-2H3. The Labute approximate surface area is 168 Å². The Morgan fingerprint density at radius 1 is 0.893 bits per heavy atom. The van der Waals surface area contributed by atoms with E-state index < -0.39 is 5.97 Å². The molecule has 0 aliphatic heterocycles. The zero-order chi connectivity index (χ0) is 19.9.